The summed E-state index contributed by atoms with van der Waals surface area (Å²) in [6, 6.07) is -0.577. The minimum Gasteiger partial charge on any atom is -0.379 e. The number of azide groups is 2. The molecule has 0 saturated carbocycles. The molecule has 73 heavy (non-hydrogen) atoms. The Morgan fingerprint density at radius 1 is 0.438 bits per heavy atom. The molecule has 0 spiro atoms. The number of nitrogens with zero attached hydrogens (tertiary/aromatic N) is 7. The van der Waals surface area contributed by atoms with Crippen molar-refractivity contribution in [1.29, 1.82) is 0 Å². The van der Waals surface area contributed by atoms with E-state index in [-0.39, 0.29) is 135 Å². The second kappa shape index (κ2) is 50.6. The fraction of sp³-hybridized carbons (Fsp3) is 0.860. The summed E-state index contributed by atoms with van der Waals surface area (Å²) in [6.45, 7) is 8.01. The van der Waals surface area contributed by atoms with Crippen molar-refractivity contribution >= 4 is 35.5 Å². The van der Waals surface area contributed by atoms with Gasteiger partial charge in [0.2, 0.25) is 17.7 Å². The van der Waals surface area contributed by atoms with Crippen LogP contribution in [0.1, 0.15) is 38.5 Å². The maximum absolute atomic E-state index is 12.8. The SMILES string of the molecule is [N-]=[N+]=NCCOCCOCCOCCNC(=O)CCOCC(COCCC(=O)NCCOCCOCCOCCN=[N+]=[N-])NC(=O)CCOCCOCCOCCOCCOCCC(=O)ON1C(=O)CCC1=O. The van der Waals surface area contributed by atoms with Crippen molar-refractivity contribution in [2.75, 3.05) is 198 Å². The molecule has 0 aromatic carbocycles. The maximum atomic E-state index is 12.8. The van der Waals surface area contributed by atoms with Crippen LogP contribution in [-0.4, -0.2) is 245 Å². The fourth-order valence-corrected chi connectivity index (χ4v) is 5.41. The Hall–Kier alpha value is -4.88. The highest BCUT2D eigenvalue weighted by Gasteiger charge is 2.32. The summed E-state index contributed by atoms with van der Waals surface area (Å²) in [6.07, 6.45) is 0.140. The van der Waals surface area contributed by atoms with Gasteiger partial charge in [0, 0.05) is 68.1 Å². The van der Waals surface area contributed by atoms with Gasteiger partial charge in [0.1, 0.15) is 0 Å². The normalized spacial score (nSPS) is 12.6. The fourth-order valence-electron chi connectivity index (χ4n) is 5.41. The van der Waals surface area contributed by atoms with Crippen LogP contribution in [0.4, 0.5) is 0 Å². The molecule has 0 radical (unpaired) electrons. The van der Waals surface area contributed by atoms with Crippen molar-refractivity contribution in [3.05, 3.63) is 20.9 Å². The molecule has 1 saturated heterocycles. The van der Waals surface area contributed by atoms with Crippen molar-refractivity contribution in [2.24, 2.45) is 10.2 Å². The molecule has 0 bridgehead atoms. The summed E-state index contributed by atoms with van der Waals surface area (Å²) in [5, 5.41) is 15.6. The molecule has 0 aliphatic carbocycles. The third kappa shape index (κ3) is 44.3. The summed E-state index contributed by atoms with van der Waals surface area (Å²) in [5.74, 6) is -2.61. The van der Waals surface area contributed by atoms with E-state index in [1.165, 1.54) is 0 Å². The van der Waals surface area contributed by atoms with Gasteiger partial charge in [0.25, 0.3) is 11.8 Å². The first-order valence-corrected chi connectivity index (χ1v) is 24.2. The number of ether oxygens (including phenoxy) is 13. The van der Waals surface area contributed by atoms with E-state index in [1.807, 2.05) is 0 Å². The average Bonchev–Trinajstić information content (AvgIpc) is 3.69. The quantitative estimate of drug-likeness (QED) is 0.0232. The molecule has 1 fully saturated rings. The van der Waals surface area contributed by atoms with Crippen LogP contribution in [0.25, 0.3) is 20.9 Å². The van der Waals surface area contributed by atoms with Crippen LogP contribution in [0.5, 0.6) is 0 Å². The van der Waals surface area contributed by atoms with Crippen molar-refractivity contribution in [2.45, 2.75) is 44.6 Å². The van der Waals surface area contributed by atoms with Gasteiger partial charge in [-0.3, -0.25) is 24.0 Å². The molecule has 1 rings (SSSR count). The summed E-state index contributed by atoms with van der Waals surface area (Å²) < 4.78 is 70.7. The van der Waals surface area contributed by atoms with Gasteiger partial charge >= 0.3 is 5.97 Å². The molecular formula is C43H76N10O20. The van der Waals surface area contributed by atoms with Crippen LogP contribution < -0.4 is 16.0 Å². The molecular weight excluding hydrogens is 977 g/mol. The first-order valence-electron chi connectivity index (χ1n) is 24.2. The first kappa shape index (κ1) is 66.1. The third-order valence-electron chi connectivity index (χ3n) is 8.98. The number of carbonyl (C=O) groups excluding carboxylic acids is 6. The van der Waals surface area contributed by atoms with E-state index in [0.29, 0.717) is 124 Å². The highest BCUT2D eigenvalue weighted by molar-refractivity contribution is 6.01. The van der Waals surface area contributed by atoms with Crippen LogP contribution in [0, 0.1) is 0 Å². The lowest BCUT2D eigenvalue weighted by atomic mass is 10.3. The topological polar surface area (TPSA) is 368 Å². The zero-order valence-electron chi connectivity index (χ0n) is 41.8. The lowest BCUT2D eigenvalue weighted by Gasteiger charge is -2.19. The van der Waals surface area contributed by atoms with Crippen LogP contribution in [-0.2, 0) is 95.2 Å². The minimum atomic E-state index is -0.735. The second-order valence-electron chi connectivity index (χ2n) is 14.8. The minimum absolute atomic E-state index is 0.0278. The monoisotopic (exact) mass is 1050 g/mol. The van der Waals surface area contributed by atoms with Gasteiger partial charge in [-0.15, -0.1) is 5.06 Å². The Bertz CT molecular complexity index is 1490. The van der Waals surface area contributed by atoms with E-state index in [4.69, 9.17) is 77.5 Å². The predicted molar refractivity (Wildman–Crippen MR) is 252 cm³/mol. The summed E-state index contributed by atoms with van der Waals surface area (Å²) >= 11 is 0. The number of imide groups is 1. The smallest absolute Gasteiger partial charge is 0.335 e. The van der Waals surface area contributed by atoms with E-state index in [1.54, 1.807) is 0 Å². The third-order valence-corrected chi connectivity index (χ3v) is 8.98. The standard InChI is InChI=1S/C43H76N10O20/c44-51-48-9-17-64-23-29-68-27-21-62-15-7-46-38(54)3-12-71-35-37(36-72-13-4-39(55)47-8-16-63-22-28-69-30-24-65-18-10-49-52-45)50-40(56)5-11-60-19-25-66-31-33-70-34-32-67-26-20-61-14-6-43(59)73-53-41(57)1-2-42(53)58/h37H,1-36H2,(H,46,54)(H,47,55)(H,50,56). The van der Waals surface area contributed by atoms with E-state index in [9.17, 15) is 28.8 Å². The van der Waals surface area contributed by atoms with Gasteiger partial charge in [-0.05, 0) is 11.1 Å². The van der Waals surface area contributed by atoms with Gasteiger partial charge < -0.3 is 82.4 Å². The Labute approximate surface area is 424 Å². The van der Waals surface area contributed by atoms with Gasteiger partial charge in [0.05, 0.1) is 184 Å². The van der Waals surface area contributed by atoms with E-state index in [2.05, 4.69) is 36.0 Å². The van der Waals surface area contributed by atoms with Gasteiger partial charge in [-0.1, -0.05) is 10.2 Å². The largest absolute Gasteiger partial charge is 0.379 e. The maximum Gasteiger partial charge on any atom is 0.335 e. The molecule has 1 aliphatic rings. The number of hydrogen-bond acceptors (Lipinski definition) is 22. The first-order chi connectivity index (χ1) is 35.8. The Morgan fingerprint density at radius 2 is 0.753 bits per heavy atom. The van der Waals surface area contributed by atoms with Gasteiger partial charge in [0.15, 0.2) is 0 Å². The summed E-state index contributed by atoms with van der Waals surface area (Å²) in [5.41, 5.74) is 16.4. The second-order valence-corrected chi connectivity index (χ2v) is 14.8. The van der Waals surface area contributed by atoms with Crippen molar-refractivity contribution in [3.63, 3.8) is 0 Å². The van der Waals surface area contributed by atoms with Crippen LogP contribution in [0.2, 0.25) is 0 Å². The van der Waals surface area contributed by atoms with E-state index < -0.39 is 23.8 Å². The molecule has 0 unspecified atom stereocenters. The lowest BCUT2D eigenvalue weighted by Crippen LogP contribution is -2.42. The van der Waals surface area contributed by atoms with Gasteiger partial charge in [-0.25, -0.2) is 4.79 Å². The number of nitrogens with one attached hydrogen (secondary N) is 3. The molecule has 0 aromatic heterocycles. The number of carbonyl (C=O) groups is 6. The number of rotatable bonds is 54. The van der Waals surface area contributed by atoms with Crippen molar-refractivity contribution in [1.82, 2.24) is 21.0 Å². The Balaban J connectivity index is 2.20. The highest BCUT2D eigenvalue weighted by Crippen LogP contribution is 2.12. The average molecular weight is 1050 g/mol. The Kier molecular flexibility index (Phi) is 45.9. The van der Waals surface area contributed by atoms with E-state index >= 15 is 0 Å². The molecule has 0 atom stereocenters. The predicted octanol–water partition coefficient (Wildman–Crippen LogP) is -0.292. The van der Waals surface area contributed by atoms with E-state index in [0.717, 1.165) is 0 Å². The number of hydroxylamine groups is 2. The van der Waals surface area contributed by atoms with Crippen molar-refractivity contribution < 1.29 is 95.2 Å². The molecule has 418 valence electrons. The highest BCUT2D eigenvalue weighted by atomic mass is 16.7. The molecule has 5 amide bonds. The number of hydrogen-bond donors (Lipinski definition) is 3. The molecule has 30 heteroatoms. The molecule has 30 nitrogen and oxygen atoms in total. The zero-order valence-corrected chi connectivity index (χ0v) is 41.8. The van der Waals surface area contributed by atoms with Crippen LogP contribution >= 0.6 is 0 Å². The molecule has 0 aromatic rings. The van der Waals surface area contributed by atoms with Crippen LogP contribution in [0.15, 0.2) is 10.2 Å². The van der Waals surface area contributed by atoms with Gasteiger partial charge in [-0.2, -0.15) is 0 Å². The zero-order chi connectivity index (χ0) is 52.9. The molecule has 1 heterocycles. The van der Waals surface area contributed by atoms with Crippen molar-refractivity contribution in [3.8, 4) is 0 Å². The Morgan fingerprint density at radius 3 is 1.14 bits per heavy atom. The number of amides is 5. The van der Waals surface area contributed by atoms with Crippen LogP contribution in [0.3, 0.4) is 0 Å². The molecule has 1 aliphatic heterocycles. The molecule has 3 N–H and O–H groups in total. The summed E-state index contributed by atoms with van der Waals surface area (Å²) in [4.78, 5) is 82.1. The summed E-state index contributed by atoms with van der Waals surface area (Å²) in [7, 11) is 0. The lowest BCUT2D eigenvalue weighted by molar-refractivity contribution is -0.198.